The molecule has 2 aromatic heterocycles. The van der Waals surface area contributed by atoms with E-state index in [1.54, 1.807) is 24.3 Å². The van der Waals surface area contributed by atoms with Crippen molar-refractivity contribution in [1.82, 2.24) is 0 Å². The number of amides is 1. The Kier molecular flexibility index (Phi) is 5.27. The molecule has 3 aromatic rings. The molecule has 0 radical (unpaired) electrons. The summed E-state index contributed by atoms with van der Waals surface area (Å²) in [4.78, 5) is 24.7. The molecule has 2 heterocycles. The zero-order valence-corrected chi connectivity index (χ0v) is 15.5. The predicted octanol–water partition coefficient (Wildman–Crippen LogP) is 4.57. The highest BCUT2D eigenvalue weighted by atomic mass is 32.1. The molecule has 0 fully saturated rings. The summed E-state index contributed by atoms with van der Waals surface area (Å²) in [5.41, 5.74) is 0.586. The Balaban J connectivity index is 1.97. The van der Waals surface area contributed by atoms with E-state index in [2.05, 4.69) is 5.32 Å². The van der Waals surface area contributed by atoms with Crippen molar-refractivity contribution in [1.29, 1.82) is 0 Å². The van der Waals surface area contributed by atoms with Gasteiger partial charge in [-0.25, -0.2) is 4.79 Å². The lowest BCUT2D eigenvalue weighted by Gasteiger charge is -2.10. The van der Waals surface area contributed by atoms with Crippen LogP contribution in [0.5, 0.6) is 5.75 Å². The number of hydrogen-bond donors (Lipinski definition) is 1. The first kappa shape index (κ1) is 18.0. The monoisotopic (exact) mass is 373 g/mol. The molecular weight excluding hydrogens is 354 g/mol. The Bertz CT molecular complexity index is 927. The number of nitrogens with one attached hydrogen (secondary N) is 1. The van der Waals surface area contributed by atoms with Gasteiger partial charge < -0.3 is 19.2 Å². The standard InChI is InChI=1S/C19H19NO5S/c1-11(2)10-25-16-13-9-12(20-18(21)14-5-4-8-24-14)6-7-15(13)26-17(16)19(22)23-3/h4-9,11H,10H2,1-3H3,(H,20,21). The van der Waals surface area contributed by atoms with E-state index in [0.717, 1.165) is 10.1 Å². The maximum atomic E-state index is 12.2. The second-order valence-corrected chi connectivity index (χ2v) is 7.15. The molecule has 0 aliphatic rings. The van der Waals surface area contributed by atoms with Crippen LogP contribution in [0.25, 0.3) is 10.1 Å². The molecule has 0 spiro atoms. The normalized spacial score (nSPS) is 10.9. The van der Waals surface area contributed by atoms with E-state index < -0.39 is 5.97 Å². The second-order valence-electron chi connectivity index (χ2n) is 6.10. The molecular formula is C19H19NO5S. The second kappa shape index (κ2) is 7.61. The first-order chi connectivity index (χ1) is 12.5. The molecule has 0 bridgehead atoms. The molecule has 136 valence electrons. The first-order valence-corrected chi connectivity index (χ1v) is 8.93. The lowest BCUT2D eigenvalue weighted by atomic mass is 10.2. The van der Waals surface area contributed by atoms with Crippen molar-refractivity contribution in [2.24, 2.45) is 5.92 Å². The zero-order chi connectivity index (χ0) is 18.7. The number of fused-ring (bicyclic) bond motifs is 1. The summed E-state index contributed by atoms with van der Waals surface area (Å²) >= 11 is 1.30. The van der Waals surface area contributed by atoms with Crippen LogP contribution in [0.3, 0.4) is 0 Å². The zero-order valence-electron chi connectivity index (χ0n) is 14.7. The molecule has 1 amide bonds. The van der Waals surface area contributed by atoms with E-state index in [4.69, 9.17) is 13.9 Å². The number of furan rings is 1. The van der Waals surface area contributed by atoms with Crippen molar-refractivity contribution in [2.45, 2.75) is 13.8 Å². The number of methoxy groups -OCH3 is 1. The maximum absolute atomic E-state index is 12.2. The number of anilines is 1. The van der Waals surface area contributed by atoms with Crippen LogP contribution in [-0.2, 0) is 4.74 Å². The van der Waals surface area contributed by atoms with Gasteiger partial charge in [-0.15, -0.1) is 11.3 Å². The van der Waals surface area contributed by atoms with E-state index in [-0.39, 0.29) is 11.7 Å². The number of thiophene rings is 1. The molecule has 0 atom stereocenters. The summed E-state index contributed by atoms with van der Waals surface area (Å²) in [5, 5.41) is 3.54. The highest BCUT2D eigenvalue weighted by molar-refractivity contribution is 7.21. The minimum Gasteiger partial charge on any atom is -0.491 e. The fourth-order valence-electron chi connectivity index (χ4n) is 2.37. The van der Waals surface area contributed by atoms with E-state index in [9.17, 15) is 9.59 Å². The van der Waals surface area contributed by atoms with Gasteiger partial charge in [-0.05, 0) is 36.2 Å². The molecule has 1 N–H and O–H groups in total. The summed E-state index contributed by atoms with van der Waals surface area (Å²) in [5.74, 6) is 0.229. The molecule has 1 aromatic carbocycles. The van der Waals surface area contributed by atoms with Gasteiger partial charge in [-0.1, -0.05) is 13.8 Å². The van der Waals surface area contributed by atoms with Crippen molar-refractivity contribution < 1.29 is 23.5 Å². The third kappa shape index (κ3) is 3.72. The van der Waals surface area contributed by atoms with E-state index >= 15 is 0 Å². The fourth-order valence-corrected chi connectivity index (χ4v) is 3.42. The summed E-state index contributed by atoms with van der Waals surface area (Å²) < 4.78 is 16.7. The SMILES string of the molecule is COC(=O)c1sc2ccc(NC(=O)c3ccco3)cc2c1OCC(C)C. The molecule has 0 unspecified atom stereocenters. The van der Waals surface area contributed by atoms with Gasteiger partial charge in [0, 0.05) is 15.8 Å². The van der Waals surface area contributed by atoms with Crippen molar-refractivity contribution in [3.63, 3.8) is 0 Å². The van der Waals surface area contributed by atoms with Gasteiger partial charge in [0.1, 0.15) is 0 Å². The molecule has 0 aliphatic carbocycles. The van der Waals surface area contributed by atoms with Gasteiger partial charge in [-0.3, -0.25) is 4.79 Å². The number of benzene rings is 1. The van der Waals surface area contributed by atoms with E-state index in [1.807, 2.05) is 19.9 Å². The average Bonchev–Trinajstić information content (AvgIpc) is 3.27. The molecule has 26 heavy (non-hydrogen) atoms. The van der Waals surface area contributed by atoms with Crippen LogP contribution < -0.4 is 10.1 Å². The quantitative estimate of drug-likeness (QED) is 0.641. The molecule has 3 rings (SSSR count). The van der Waals surface area contributed by atoms with Crippen molar-refractivity contribution >= 4 is 39.0 Å². The summed E-state index contributed by atoms with van der Waals surface area (Å²) in [6.07, 6.45) is 1.44. The molecule has 7 heteroatoms. The number of rotatable bonds is 6. The third-order valence-electron chi connectivity index (χ3n) is 3.58. The molecule has 0 aliphatic heterocycles. The van der Waals surface area contributed by atoms with E-state index in [0.29, 0.717) is 28.8 Å². The number of ether oxygens (including phenoxy) is 2. The number of esters is 1. The van der Waals surface area contributed by atoms with Crippen LogP contribution in [-0.4, -0.2) is 25.6 Å². The topological polar surface area (TPSA) is 77.8 Å². The lowest BCUT2D eigenvalue weighted by Crippen LogP contribution is -2.10. The predicted molar refractivity (Wildman–Crippen MR) is 100 cm³/mol. The molecule has 0 saturated carbocycles. The number of hydrogen-bond acceptors (Lipinski definition) is 6. The average molecular weight is 373 g/mol. The largest absolute Gasteiger partial charge is 0.491 e. The van der Waals surface area contributed by atoms with Crippen molar-refractivity contribution in [2.75, 3.05) is 19.0 Å². The lowest BCUT2D eigenvalue weighted by molar-refractivity contribution is 0.0601. The summed E-state index contributed by atoms with van der Waals surface area (Å²) in [6.45, 7) is 4.53. The highest BCUT2D eigenvalue weighted by Crippen LogP contribution is 2.40. The Hall–Kier alpha value is -2.80. The maximum Gasteiger partial charge on any atom is 0.351 e. The van der Waals surface area contributed by atoms with Crippen LogP contribution in [0, 0.1) is 5.92 Å². The fraction of sp³-hybridized carbons (Fsp3) is 0.263. The molecule has 6 nitrogen and oxygen atoms in total. The van der Waals surface area contributed by atoms with Crippen LogP contribution >= 0.6 is 11.3 Å². The minimum absolute atomic E-state index is 0.224. The Morgan fingerprint density at radius 3 is 2.73 bits per heavy atom. The number of carbonyl (C=O) groups excluding carboxylic acids is 2. The Morgan fingerprint density at radius 2 is 2.08 bits per heavy atom. The number of carbonyl (C=O) groups is 2. The first-order valence-electron chi connectivity index (χ1n) is 8.12. The van der Waals surface area contributed by atoms with Crippen LogP contribution in [0.1, 0.15) is 34.1 Å². The minimum atomic E-state index is -0.439. The summed E-state index contributed by atoms with van der Waals surface area (Å²) in [7, 11) is 1.34. The third-order valence-corrected chi connectivity index (χ3v) is 4.71. The summed E-state index contributed by atoms with van der Waals surface area (Å²) in [6, 6.07) is 8.64. The van der Waals surface area contributed by atoms with Gasteiger partial charge in [-0.2, -0.15) is 0 Å². The van der Waals surface area contributed by atoms with E-state index in [1.165, 1.54) is 24.7 Å². The van der Waals surface area contributed by atoms with Crippen molar-refractivity contribution in [3.8, 4) is 5.75 Å². The Labute approximate surface area is 154 Å². The Morgan fingerprint density at radius 1 is 1.27 bits per heavy atom. The van der Waals surface area contributed by atoms with Crippen molar-refractivity contribution in [3.05, 3.63) is 47.2 Å². The highest BCUT2D eigenvalue weighted by Gasteiger charge is 2.21. The van der Waals surface area contributed by atoms with Gasteiger partial charge in [0.15, 0.2) is 16.4 Å². The van der Waals surface area contributed by atoms with Crippen LogP contribution in [0.2, 0.25) is 0 Å². The van der Waals surface area contributed by atoms with Gasteiger partial charge in [0.05, 0.1) is 20.0 Å². The van der Waals surface area contributed by atoms with Crippen LogP contribution in [0.4, 0.5) is 5.69 Å². The van der Waals surface area contributed by atoms with Gasteiger partial charge in [0.25, 0.3) is 5.91 Å². The van der Waals surface area contributed by atoms with Crippen LogP contribution in [0.15, 0.2) is 41.0 Å². The smallest absolute Gasteiger partial charge is 0.351 e. The molecule has 0 saturated heterocycles. The van der Waals surface area contributed by atoms with Gasteiger partial charge >= 0.3 is 5.97 Å². The van der Waals surface area contributed by atoms with Gasteiger partial charge in [0.2, 0.25) is 0 Å².